The zero-order valence-corrected chi connectivity index (χ0v) is 13.3. The second-order valence-electron chi connectivity index (χ2n) is 2.78. The smallest absolute Gasteiger partial charge is 0.132 e. The maximum absolute atomic E-state index is 5.63. The van der Waals surface area contributed by atoms with Gasteiger partial charge in [-0.25, -0.2) is 0 Å². The summed E-state index contributed by atoms with van der Waals surface area (Å²) >= 11 is 5.71. The fraction of sp³-hybridized carbons (Fsp3) is 0.333. The third kappa shape index (κ3) is 3.99. The van der Waals surface area contributed by atoms with Crippen molar-refractivity contribution in [2.24, 2.45) is 0 Å². The Labute approximate surface area is 104 Å². The summed E-state index contributed by atoms with van der Waals surface area (Å²) in [5.74, 6) is 0.999. The molecule has 0 aliphatic carbocycles. The molecule has 0 saturated carbocycles. The van der Waals surface area contributed by atoms with Gasteiger partial charge in [0.2, 0.25) is 0 Å². The number of benzene rings is 1. The highest BCUT2D eigenvalue weighted by atomic mass is 127. The summed E-state index contributed by atoms with van der Waals surface area (Å²) in [4.78, 5) is 0. The summed E-state index contributed by atoms with van der Waals surface area (Å²) in [6.45, 7) is 0.848. The molecule has 1 nitrogen and oxygen atoms in total. The van der Waals surface area contributed by atoms with Crippen LogP contribution in [0, 0.1) is 3.57 Å². The molecule has 0 heterocycles. The lowest BCUT2D eigenvalue weighted by Gasteiger charge is -2.07. The number of hydrogen-bond acceptors (Lipinski definition) is 1. The van der Waals surface area contributed by atoms with E-state index in [9.17, 15) is 0 Å². The Balaban J connectivity index is 2.56. The van der Waals surface area contributed by atoms with E-state index >= 15 is 0 Å². The van der Waals surface area contributed by atoms with Crippen LogP contribution >= 0.6 is 38.5 Å². The van der Waals surface area contributed by atoms with E-state index in [-0.39, 0.29) is 0 Å². The fourth-order valence-electron chi connectivity index (χ4n) is 0.919. The lowest BCUT2D eigenvalue weighted by atomic mass is 10.3. The van der Waals surface area contributed by atoms with Crippen LogP contribution in [0.2, 0.25) is 6.04 Å². The highest BCUT2D eigenvalue weighted by Gasteiger charge is 2.00. The zero-order valence-electron chi connectivity index (χ0n) is 7.52. The van der Waals surface area contributed by atoms with Gasteiger partial charge < -0.3 is 4.74 Å². The molecule has 0 aliphatic heterocycles. The van der Waals surface area contributed by atoms with E-state index in [2.05, 4.69) is 44.6 Å². The van der Waals surface area contributed by atoms with Gasteiger partial charge in [-0.15, -0.1) is 0 Å². The fourth-order valence-corrected chi connectivity index (χ4v) is 2.67. The van der Waals surface area contributed by atoms with Gasteiger partial charge in [0.05, 0.1) is 10.2 Å². The maximum Gasteiger partial charge on any atom is 0.132 e. The molecule has 0 aliphatic rings. The van der Waals surface area contributed by atoms with Crippen molar-refractivity contribution in [2.45, 2.75) is 12.5 Å². The third-order valence-electron chi connectivity index (χ3n) is 1.65. The Hall–Kier alpha value is 0.447. The Morgan fingerprint density at radius 1 is 1.46 bits per heavy atom. The van der Waals surface area contributed by atoms with Gasteiger partial charge in [0.25, 0.3) is 0 Å². The number of ether oxygens (including phenoxy) is 1. The molecule has 72 valence electrons. The molecule has 13 heavy (non-hydrogen) atoms. The van der Waals surface area contributed by atoms with Crippen molar-refractivity contribution < 1.29 is 4.74 Å². The Morgan fingerprint density at radius 2 is 2.23 bits per heavy atom. The van der Waals surface area contributed by atoms with E-state index in [4.69, 9.17) is 4.74 Å². The summed E-state index contributed by atoms with van der Waals surface area (Å²) in [6.07, 6.45) is 1.18. The van der Waals surface area contributed by atoms with E-state index in [1.54, 1.807) is 0 Å². The van der Waals surface area contributed by atoms with Crippen molar-refractivity contribution in [1.82, 2.24) is 0 Å². The van der Waals surface area contributed by atoms with Crippen LogP contribution in [0.3, 0.4) is 0 Å². The van der Waals surface area contributed by atoms with Crippen molar-refractivity contribution in [3.63, 3.8) is 0 Å². The number of hydrogen-bond donors (Lipinski definition) is 0. The monoisotopic (exact) mass is 370 g/mol. The topological polar surface area (TPSA) is 9.23 Å². The van der Waals surface area contributed by atoms with E-state index in [1.165, 1.54) is 26.3 Å². The first-order chi connectivity index (χ1) is 6.24. The molecule has 1 rings (SSSR count). The molecule has 0 N–H and O–H groups in total. The molecule has 0 aromatic heterocycles. The predicted molar refractivity (Wildman–Crippen MR) is 71.7 cm³/mol. The summed E-state index contributed by atoms with van der Waals surface area (Å²) in [5.41, 5.74) is 0. The van der Waals surface area contributed by atoms with Gasteiger partial charge >= 0.3 is 0 Å². The lowest BCUT2D eigenvalue weighted by Crippen LogP contribution is -1.98. The summed E-state index contributed by atoms with van der Waals surface area (Å²) in [5, 5.41) is 0. The SMILES string of the molecule is [SiH3]CCCOc1ccc(Br)cc1I. The molecule has 1 aromatic carbocycles. The van der Waals surface area contributed by atoms with Gasteiger partial charge in [0.1, 0.15) is 5.75 Å². The van der Waals surface area contributed by atoms with Crippen LogP contribution in [0.1, 0.15) is 6.42 Å². The van der Waals surface area contributed by atoms with Crippen molar-refractivity contribution in [1.29, 1.82) is 0 Å². The van der Waals surface area contributed by atoms with Crippen molar-refractivity contribution in [3.05, 3.63) is 26.2 Å². The number of halogens is 2. The zero-order chi connectivity index (χ0) is 9.68. The maximum atomic E-state index is 5.63. The first-order valence-electron chi connectivity index (χ1n) is 4.32. The van der Waals surface area contributed by atoms with Crippen LogP contribution in [0.5, 0.6) is 5.75 Å². The average molecular weight is 371 g/mol. The summed E-state index contributed by atoms with van der Waals surface area (Å²) in [7, 11) is 1.27. The minimum Gasteiger partial charge on any atom is -0.492 e. The normalized spacial score (nSPS) is 10.3. The Morgan fingerprint density at radius 3 is 2.85 bits per heavy atom. The molecule has 1 aromatic rings. The minimum atomic E-state index is 0.848. The highest BCUT2D eigenvalue weighted by Crippen LogP contribution is 2.24. The van der Waals surface area contributed by atoms with Gasteiger partial charge in [0.15, 0.2) is 0 Å². The van der Waals surface area contributed by atoms with Crippen LogP contribution in [0.15, 0.2) is 22.7 Å². The van der Waals surface area contributed by atoms with Crippen LogP contribution in [0.25, 0.3) is 0 Å². The molecule has 0 fully saturated rings. The molecular formula is C9H12BrIOSi. The predicted octanol–water partition coefficient (Wildman–Crippen LogP) is 2.61. The average Bonchev–Trinajstić information content (AvgIpc) is 2.09. The van der Waals surface area contributed by atoms with Gasteiger partial charge in [-0.05, 0) is 47.2 Å². The number of rotatable bonds is 4. The van der Waals surface area contributed by atoms with E-state index in [1.807, 2.05) is 12.1 Å². The highest BCUT2D eigenvalue weighted by molar-refractivity contribution is 14.1. The molecular weight excluding hydrogens is 359 g/mol. The van der Waals surface area contributed by atoms with E-state index < -0.39 is 0 Å². The minimum absolute atomic E-state index is 0.848. The first-order valence-corrected chi connectivity index (χ1v) is 7.60. The first kappa shape index (κ1) is 11.5. The molecule has 0 bridgehead atoms. The van der Waals surface area contributed by atoms with Gasteiger partial charge in [-0.1, -0.05) is 22.0 Å². The van der Waals surface area contributed by atoms with Crippen molar-refractivity contribution in [2.75, 3.05) is 6.61 Å². The molecule has 0 saturated heterocycles. The summed E-state index contributed by atoms with van der Waals surface area (Å²) in [6, 6.07) is 7.40. The van der Waals surface area contributed by atoms with Crippen molar-refractivity contribution in [3.8, 4) is 5.75 Å². The van der Waals surface area contributed by atoms with Crippen molar-refractivity contribution >= 4 is 48.8 Å². The van der Waals surface area contributed by atoms with Crippen LogP contribution < -0.4 is 4.74 Å². The molecule has 0 amide bonds. The molecule has 0 radical (unpaired) electrons. The largest absolute Gasteiger partial charge is 0.492 e. The van der Waals surface area contributed by atoms with Crippen LogP contribution in [-0.2, 0) is 0 Å². The Kier molecular flexibility index (Phi) is 5.34. The summed E-state index contributed by atoms with van der Waals surface area (Å²) < 4.78 is 7.90. The molecule has 0 atom stereocenters. The second kappa shape index (κ2) is 6.03. The van der Waals surface area contributed by atoms with E-state index in [0.29, 0.717) is 0 Å². The van der Waals surface area contributed by atoms with Gasteiger partial charge in [0, 0.05) is 14.7 Å². The standard InChI is InChI=1S/C9H12BrIOSi/c10-7-2-3-9(8(11)6-7)12-4-1-5-13/h2-3,6H,1,4-5H2,13H3. The third-order valence-corrected chi connectivity index (χ3v) is 3.69. The molecule has 0 spiro atoms. The Bertz CT molecular complexity index is 280. The van der Waals surface area contributed by atoms with Crippen LogP contribution in [-0.4, -0.2) is 16.8 Å². The van der Waals surface area contributed by atoms with Gasteiger partial charge in [-0.3, -0.25) is 0 Å². The van der Waals surface area contributed by atoms with E-state index in [0.717, 1.165) is 16.8 Å². The quantitative estimate of drug-likeness (QED) is 0.449. The van der Waals surface area contributed by atoms with Crippen LogP contribution in [0.4, 0.5) is 0 Å². The lowest BCUT2D eigenvalue weighted by molar-refractivity contribution is 0.315. The molecule has 4 heteroatoms. The second-order valence-corrected chi connectivity index (χ2v) is 5.85. The molecule has 0 unspecified atom stereocenters. The van der Waals surface area contributed by atoms with Gasteiger partial charge in [-0.2, -0.15) is 0 Å².